The van der Waals surface area contributed by atoms with Crippen LogP contribution in [0.1, 0.15) is 51.0 Å². The van der Waals surface area contributed by atoms with E-state index in [0.717, 1.165) is 24.8 Å². The molecular weight excluding hydrogens is 294 g/mol. The average molecular weight is 319 g/mol. The molecule has 0 unspecified atom stereocenters. The molecule has 0 saturated carbocycles. The SMILES string of the molecule is CCCCCC(=O)NNC(=O)CCC(=O)NCc1ccccc1. The van der Waals surface area contributed by atoms with Crippen molar-refractivity contribution in [3.05, 3.63) is 35.9 Å². The number of hydrazine groups is 1. The Labute approximate surface area is 137 Å². The Morgan fingerprint density at radius 1 is 0.826 bits per heavy atom. The molecule has 1 rings (SSSR count). The minimum atomic E-state index is -0.372. The molecule has 0 spiro atoms. The molecule has 1 aromatic rings. The first-order valence-electron chi connectivity index (χ1n) is 8.00. The van der Waals surface area contributed by atoms with Gasteiger partial charge in [-0.25, -0.2) is 0 Å². The van der Waals surface area contributed by atoms with Crippen molar-refractivity contribution >= 4 is 17.7 Å². The third-order valence-electron chi connectivity index (χ3n) is 3.26. The van der Waals surface area contributed by atoms with Crippen LogP contribution in [0.15, 0.2) is 30.3 Å². The normalized spacial score (nSPS) is 9.96. The molecule has 23 heavy (non-hydrogen) atoms. The molecule has 0 saturated heterocycles. The van der Waals surface area contributed by atoms with Crippen LogP contribution in [0.5, 0.6) is 0 Å². The first-order chi connectivity index (χ1) is 11.1. The van der Waals surface area contributed by atoms with Gasteiger partial charge in [0.15, 0.2) is 0 Å². The highest BCUT2D eigenvalue weighted by Gasteiger charge is 2.08. The van der Waals surface area contributed by atoms with E-state index < -0.39 is 0 Å². The van der Waals surface area contributed by atoms with Gasteiger partial charge in [-0.15, -0.1) is 0 Å². The Kier molecular flexibility index (Phi) is 9.12. The summed E-state index contributed by atoms with van der Waals surface area (Å²) in [6.07, 6.45) is 3.35. The molecule has 0 bridgehead atoms. The molecule has 1 aromatic carbocycles. The summed E-state index contributed by atoms with van der Waals surface area (Å²) in [5.74, 6) is -0.776. The van der Waals surface area contributed by atoms with Crippen LogP contribution in [0.25, 0.3) is 0 Å². The van der Waals surface area contributed by atoms with Gasteiger partial charge >= 0.3 is 0 Å². The van der Waals surface area contributed by atoms with E-state index in [4.69, 9.17) is 0 Å². The van der Waals surface area contributed by atoms with Crippen molar-refractivity contribution in [3.8, 4) is 0 Å². The molecule has 0 aliphatic heterocycles. The molecule has 0 radical (unpaired) electrons. The first kappa shape index (κ1) is 18.7. The highest BCUT2D eigenvalue weighted by Crippen LogP contribution is 1.99. The molecule has 0 heterocycles. The van der Waals surface area contributed by atoms with E-state index in [1.54, 1.807) is 0 Å². The number of carbonyl (C=O) groups is 3. The number of rotatable bonds is 9. The largest absolute Gasteiger partial charge is 0.352 e. The number of hydrogen-bond acceptors (Lipinski definition) is 3. The summed E-state index contributed by atoms with van der Waals surface area (Å²) < 4.78 is 0. The molecular formula is C17H25N3O3. The second kappa shape index (κ2) is 11.2. The number of nitrogens with one attached hydrogen (secondary N) is 3. The van der Waals surface area contributed by atoms with Crippen LogP contribution in [0, 0.1) is 0 Å². The summed E-state index contributed by atoms with van der Waals surface area (Å²) in [4.78, 5) is 34.6. The van der Waals surface area contributed by atoms with Gasteiger partial charge < -0.3 is 5.32 Å². The van der Waals surface area contributed by atoms with Gasteiger partial charge in [-0.3, -0.25) is 25.2 Å². The van der Waals surface area contributed by atoms with Gasteiger partial charge in [-0.2, -0.15) is 0 Å². The number of amides is 3. The molecule has 6 heteroatoms. The second-order valence-corrected chi connectivity index (χ2v) is 5.32. The smallest absolute Gasteiger partial charge is 0.238 e. The molecule has 3 amide bonds. The zero-order valence-electron chi connectivity index (χ0n) is 13.6. The van der Waals surface area contributed by atoms with Crippen molar-refractivity contribution in [2.45, 2.75) is 52.0 Å². The zero-order valence-corrected chi connectivity index (χ0v) is 13.6. The number of carbonyl (C=O) groups excluding carboxylic acids is 3. The quantitative estimate of drug-likeness (QED) is 0.479. The minimum absolute atomic E-state index is 0.0376. The maximum Gasteiger partial charge on any atom is 0.238 e. The fourth-order valence-corrected chi connectivity index (χ4v) is 1.91. The van der Waals surface area contributed by atoms with Crippen molar-refractivity contribution in [3.63, 3.8) is 0 Å². The summed E-state index contributed by atoms with van der Waals surface area (Å²) in [6.45, 7) is 2.50. The monoisotopic (exact) mass is 319 g/mol. The Balaban J connectivity index is 2.10. The van der Waals surface area contributed by atoms with Gasteiger partial charge in [0.05, 0.1) is 0 Å². The van der Waals surface area contributed by atoms with Crippen LogP contribution < -0.4 is 16.2 Å². The molecule has 6 nitrogen and oxygen atoms in total. The molecule has 0 aliphatic carbocycles. The van der Waals surface area contributed by atoms with Gasteiger partial charge in [0, 0.05) is 25.8 Å². The summed E-state index contributed by atoms with van der Waals surface area (Å²) in [7, 11) is 0. The van der Waals surface area contributed by atoms with E-state index >= 15 is 0 Å². The van der Waals surface area contributed by atoms with E-state index in [2.05, 4.69) is 23.1 Å². The van der Waals surface area contributed by atoms with Crippen molar-refractivity contribution in [2.24, 2.45) is 0 Å². The maximum atomic E-state index is 11.7. The Bertz CT molecular complexity index is 503. The van der Waals surface area contributed by atoms with Crippen molar-refractivity contribution in [2.75, 3.05) is 0 Å². The van der Waals surface area contributed by atoms with Gasteiger partial charge in [-0.1, -0.05) is 50.1 Å². The second-order valence-electron chi connectivity index (χ2n) is 5.32. The molecule has 3 N–H and O–H groups in total. The lowest BCUT2D eigenvalue weighted by atomic mass is 10.2. The van der Waals surface area contributed by atoms with Crippen LogP contribution in [-0.2, 0) is 20.9 Å². The summed E-state index contributed by atoms with van der Waals surface area (Å²) in [5.41, 5.74) is 5.68. The topological polar surface area (TPSA) is 87.3 Å². The molecule has 126 valence electrons. The van der Waals surface area contributed by atoms with Gasteiger partial charge in [0.2, 0.25) is 17.7 Å². The predicted octanol–water partition coefficient (Wildman–Crippen LogP) is 1.81. The summed E-state index contributed by atoms with van der Waals surface area (Å²) in [6, 6.07) is 9.55. The van der Waals surface area contributed by atoms with Crippen molar-refractivity contribution in [1.82, 2.24) is 16.2 Å². The Hall–Kier alpha value is -2.37. The Morgan fingerprint density at radius 3 is 2.09 bits per heavy atom. The van der Waals surface area contributed by atoms with Crippen LogP contribution >= 0.6 is 0 Å². The van der Waals surface area contributed by atoms with Crippen LogP contribution in [0.2, 0.25) is 0 Å². The molecule has 0 fully saturated rings. The van der Waals surface area contributed by atoms with Gasteiger partial charge in [0.25, 0.3) is 0 Å². The van der Waals surface area contributed by atoms with E-state index in [-0.39, 0.29) is 30.6 Å². The molecule has 0 aromatic heterocycles. The highest BCUT2D eigenvalue weighted by atomic mass is 16.2. The lowest BCUT2D eigenvalue weighted by Crippen LogP contribution is -2.41. The zero-order chi connectivity index (χ0) is 16.9. The van der Waals surface area contributed by atoms with E-state index in [9.17, 15) is 14.4 Å². The average Bonchev–Trinajstić information content (AvgIpc) is 2.57. The lowest BCUT2D eigenvalue weighted by Gasteiger charge is -2.08. The van der Waals surface area contributed by atoms with Crippen LogP contribution in [0.3, 0.4) is 0 Å². The van der Waals surface area contributed by atoms with Crippen LogP contribution in [-0.4, -0.2) is 17.7 Å². The van der Waals surface area contributed by atoms with Crippen molar-refractivity contribution < 1.29 is 14.4 Å². The number of benzene rings is 1. The minimum Gasteiger partial charge on any atom is -0.352 e. The standard InChI is InChI=1S/C17H25N3O3/c1-2-3-5-10-16(22)19-20-17(23)12-11-15(21)18-13-14-8-6-4-7-9-14/h4,6-9H,2-3,5,10-13H2,1H3,(H,18,21)(H,19,22)(H,20,23). The fraction of sp³-hybridized carbons (Fsp3) is 0.471. The summed E-state index contributed by atoms with van der Waals surface area (Å²) in [5, 5.41) is 2.75. The van der Waals surface area contributed by atoms with E-state index in [1.807, 2.05) is 30.3 Å². The van der Waals surface area contributed by atoms with E-state index in [0.29, 0.717) is 13.0 Å². The lowest BCUT2D eigenvalue weighted by molar-refractivity contribution is -0.130. The number of unbranched alkanes of at least 4 members (excludes halogenated alkanes) is 2. The molecule has 0 atom stereocenters. The maximum absolute atomic E-state index is 11.7. The van der Waals surface area contributed by atoms with Gasteiger partial charge in [0.1, 0.15) is 0 Å². The Morgan fingerprint density at radius 2 is 1.43 bits per heavy atom. The van der Waals surface area contributed by atoms with E-state index in [1.165, 1.54) is 0 Å². The van der Waals surface area contributed by atoms with Crippen LogP contribution in [0.4, 0.5) is 0 Å². The predicted molar refractivity (Wildman–Crippen MR) is 88.0 cm³/mol. The fourth-order valence-electron chi connectivity index (χ4n) is 1.91. The third-order valence-corrected chi connectivity index (χ3v) is 3.26. The number of hydrogen-bond donors (Lipinski definition) is 3. The summed E-state index contributed by atoms with van der Waals surface area (Å²) >= 11 is 0. The first-order valence-corrected chi connectivity index (χ1v) is 8.00. The molecule has 0 aliphatic rings. The van der Waals surface area contributed by atoms with Gasteiger partial charge in [-0.05, 0) is 12.0 Å². The highest BCUT2D eigenvalue weighted by molar-refractivity contribution is 5.85. The third kappa shape index (κ3) is 9.29. The van der Waals surface area contributed by atoms with Crippen molar-refractivity contribution in [1.29, 1.82) is 0 Å².